The number of rotatable bonds is 3. The van der Waals surface area contributed by atoms with Crippen molar-refractivity contribution in [1.29, 1.82) is 0 Å². The second kappa shape index (κ2) is 5.60. The summed E-state index contributed by atoms with van der Waals surface area (Å²) in [5.74, 6) is 0.0462. The minimum absolute atomic E-state index is 0.180. The molecule has 0 atom stereocenters. The molecule has 2 rings (SSSR count). The molecule has 0 bridgehead atoms. The van der Waals surface area contributed by atoms with Gasteiger partial charge in [-0.1, -0.05) is 36.7 Å². The molecule has 0 radical (unpaired) electrons. The van der Waals surface area contributed by atoms with Gasteiger partial charge in [-0.15, -0.1) is 0 Å². The number of hydrogen-bond acceptors (Lipinski definition) is 3. The number of carbonyl (C=O) groups is 1. The molecule has 0 unspecified atom stereocenters. The first-order valence-corrected chi connectivity index (χ1v) is 5.96. The molecule has 5 heteroatoms. The molecule has 1 aromatic heterocycles. The van der Waals surface area contributed by atoms with Crippen LogP contribution in [-0.2, 0) is 6.42 Å². The highest BCUT2D eigenvalue weighted by atomic mass is 35.5. The molecule has 18 heavy (non-hydrogen) atoms. The standard InChI is InChI=1S/C13H12ClN3O/c1-2-9-5-3-4-6-10(9)13(18)17-12-11(14)15-7-8-16-12/h3-8H,2H2,1H3,(H,16,17,18). The summed E-state index contributed by atoms with van der Waals surface area (Å²) < 4.78 is 0. The van der Waals surface area contributed by atoms with Crippen molar-refractivity contribution >= 4 is 23.3 Å². The normalized spacial score (nSPS) is 10.1. The lowest BCUT2D eigenvalue weighted by Gasteiger charge is -2.08. The maximum Gasteiger partial charge on any atom is 0.257 e. The van der Waals surface area contributed by atoms with E-state index in [1.165, 1.54) is 12.4 Å². The van der Waals surface area contributed by atoms with E-state index in [1.807, 2.05) is 25.1 Å². The molecule has 0 spiro atoms. The van der Waals surface area contributed by atoms with E-state index in [9.17, 15) is 4.79 Å². The van der Waals surface area contributed by atoms with Crippen molar-refractivity contribution in [2.45, 2.75) is 13.3 Å². The number of nitrogens with zero attached hydrogens (tertiary/aromatic N) is 2. The number of carbonyl (C=O) groups excluding carboxylic acids is 1. The van der Waals surface area contributed by atoms with Crippen LogP contribution in [-0.4, -0.2) is 15.9 Å². The van der Waals surface area contributed by atoms with E-state index in [1.54, 1.807) is 6.07 Å². The molecule has 92 valence electrons. The van der Waals surface area contributed by atoms with Crippen molar-refractivity contribution in [2.24, 2.45) is 0 Å². The van der Waals surface area contributed by atoms with Crippen molar-refractivity contribution in [3.63, 3.8) is 0 Å². The van der Waals surface area contributed by atoms with Gasteiger partial charge in [-0.2, -0.15) is 0 Å². The zero-order valence-electron chi connectivity index (χ0n) is 9.85. The molecule has 0 saturated heterocycles. The molecule has 1 heterocycles. The third-order valence-corrected chi connectivity index (χ3v) is 2.81. The number of amides is 1. The van der Waals surface area contributed by atoms with Crippen LogP contribution in [0.4, 0.5) is 5.82 Å². The van der Waals surface area contributed by atoms with Gasteiger partial charge in [0.1, 0.15) is 0 Å². The lowest BCUT2D eigenvalue weighted by atomic mass is 10.0. The molecule has 0 aliphatic carbocycles. The van der Waals surface area contributed by atoms with Gasteiger partial charge in [0.05, 0.1) is 0 Å². The molecule has 0 fully saturated rings. The van der Waals surface area contributed by atoms with Crippen molar-refractivity contribution in [2.75, 3.05) is 5.32 Å². The number of aromatic nitrogens is 2. The van der Waals surface area contributed by atoms with Gasteiger partial charge in [0.25, 0.3) is 5.91 Å². The summed E-state index contributed by atoms with van der Waals surface area (Å²) in [6.07, 6.45) is 3.74. The van der Waals surface area contributed by atoms with E-state index in [2.05, 4.69) is 15.3 Å². The van der Waals surface area contributed by atoms with E-state index in [0.717, 1.165) is 12.0 Å². The Hall–Kier alpha value is -1.94. The summed E-state index contributed by atoms with van der Waals surface area (Å²) in [5.41, 5.74) is 1.61. The number of hydrogen-bond donors (Lipinski definition) is 1. The molecule has 0 aliphatic rings. The molecule has 2 aromatic rings. The average molecular weight is 262 g/mol. The van der Waals surface area contributed by atoms with E-state index < -0.39 is 0 Å². The smallest absolute Gasteiger partial charge is 0.257 e. The van der Waals surface area contributed by atoms with Gasteiger partial charge in [-0.25, -0.2) is 9.97 Å². The Kier molecular flexibility index (Phi) is 3.89. The first-order chi connectivity index (χ1) is 8.72. The Morgan fingerprint density at radius 2 is 2.00 bits per heavy atom. The van der Waals surface area contributed by atoms with Gasteiger partial charge in [-0.05, 0) is 18.1 Å². The van der Waals surface area contributed by atoms with Gasteiger partial charge in [-0.3, -0.25) is 4.79 Å². The Labute approximate surface area is 110 Å². The minimum Gasteiger partial charge on any atom is -0.304 e. The zero-order valence-corrected chi connectivity index (χ0v) is 10.6. The SMILES string of the molecule is CCc1ccccc1C(=O)Nc1nccnc1Cl. The Balaban J connectivity index is 2.25. The largest absolute Gasteiger partial charge is 0.304 e. The van der Waals surface area contributed by atoms with E-state index in [-0.39, 0.29) is 16.9 Å². The predicted octanol–water partition coefficient (Wildman–Crippen LogP) is 2.94. The van der Waals surface area contributed by atoms with Crippen LogP contribution >= 0.6 is 11.6 Å². The molecule has 0 aliphatic heterocycles. The number of aryl methyl sites for hydroxylation is 1. The summed E-state index contributed by atoms with van der Waals surface area (Å²) in [4.78, 5) is 19.9. The van der Waals surface area contributed by atoms with Crippen LogP contribution < -0.4 is 5.32 Å². The topological polar surface area (TPSA) is 54.9 Å². The predicted molar refractivity (Wildman–Crippen MR) is 70.8 cm³/mol. The molecule has 1 N–H and O–H groups in total. The second-order valence-electron chi connectivity index (χ2n) is 3.66. The maximum absolute atomic E-state index is 12.1. The lowest BCUT2D eigenvalue weighted by molar-refractivity contribution is 0.102. The first-order valence-electron chi connectivity index (χ1n) is 5.58. The Morgan fingerprint density at radius 1 is 1.28 bits per heavy atom. The van der Waals surface area contributed by atoms with Gasteiger partial charge in [0.2, 0.25) is 0 Å². The Morgan fingerprint density at radius 3 is 2.72 bits per heavy atom. The monoisotopic (exact) mass is 261 g/mol. The molecule has 1 amide bonds. The van der Waals surface area contributed by atoms with Crippen LogP contribution in [0.2, 0.25) is 5.15 Å². The fourth-order valence-corrected chi connectivity index (χ4v) is 1.78. The van der Waals surface area contributed by atoms with Crippen molar-refractivity contribution < 1.29 is 4.79 Å². The van der Waals surface area contributed by atoms with Gasteiger partial charge in [0, 0.05) is 18.0 Å². The van der Waals surface area contributed by atoms with Crippen molar-refractivity contribution in [1.82, 2.24) is 9.97 Å². The van der Waals surface area contributed by atoms with E-state index in [4.69, 9.17) is 11.6 Å². The zero-order chi connectivity index (χ0) is 13.0. The summed E-state index contributed by atoms with van der Waals surface area (Å²) in [5, 5.41) is 2.84. The highest BCUT2D eigenvalue weighted by Crippen LogP contribution is 2.17. The van der Waals surface area contributed by atoms with Crippen LogP contribution in [0.1, 0.15) is 22.8 Å². The van der Waals surface area contributed by atoms with Crippen LogP contribution in [0.15, 0.2) is 36.7 Å². The number of halogens is 1. The summed E-state index contributed by atoms with van der Waals surface area (Å²) in [7, 11) is 0. The molecular formula is C13H12ClN3O. The van der Waals surface area contributed by atoms with Crippen molar-refractivity contribution in [3.05, 3.63) is 52.9 Å². The fraction of sp³-hybridized carbons (Fsp3) is 0.154. The number of benzene rings is 1. The quantitative estimate of drug-likeness (QED) is 0.924. The maximum atomic E-state index is 12.1. The lowest BCUT2D eigenvalue weighted by Crippen LogP contribution is -2.15. The highest BCUT2D eigenvalue weighted by Gasteiger charge is 2.12. The van der Waals surface area contributed by atoms with Gasteiger partial charge in [0.15, 0.2) is 11.0 Å². The van der Waals surface area contributed by atoms with Crippen LogP contribution in [0.25, 0.3) is 0 Å². The third kappa shape index (κ3) is 2.65. The molecular weight excluding hydrogens is 250 g/mol. The van der Waals surface area contributed by atoms with Gasteiger partial charge < -0.3 is 5.32 Å². The van der Waals surface area contributed by atoms with E-state index in [0.29, 0.717) is 5.56 Å². The van der Waals surface area contributed by atoms with Crippen LogP contribution in [0.3, 0.4) is 0 Å². The third-order valence-electron chi connectivity index (χ3n) is 2.53. The van der Waals surface area contributed by atoms with Crippen LogP contribution in [0, 0.1) is 0 Å². The van der Waals surface area contributed by atoms with E-state index >= 15 is 0 Å². The minimum atomic E-state index is -0.227. The number of nitrogens with one attached hydrogen (secondary N) is 1. The van der Waals surface area contributed by atoms with Crippen molar-refractivity contribution in [3.8, 4) is 0 Å². The molecule has 0 saturated carbocycles. The summed E-state index contributed by atoms with van der Waals surface area (Å²) in [6.45, 7) is 2.00. The Bertz CT molecular complexity index is 572. The summed E-state index contributed by atoms with van der Waals surface area (Å²) in [6, 6.07) is 7.43. The van der Waals surface area contributed by atoms with Gasteiger partial charge >= 0.3 is 0 Å². The fourth-order valence-electron chi connectivity index (χ4n) is 1.63. The van der Waals surface area contributed by atoms with Crippen LogP contribution in [0.5, 0.6) is 0 Å². The highest BCUT2D eigenvalue weighted by molar-refractivity contribution is 6.32. The second-order valence-corrected chi connectivity index (χ2v) is 4.02. The summed E-state index contributed by atoms with van der Waals surface area (Å²) >= 11 is 5.84. The molecule has 1 aromatic carbocycles. The first kappa shape index (κ1) is 12.5. The molecule has 4 nitrogen and oxygen atoms in total. The number of anilines is 1. The average Bonchev–Trinajstić information content (AvgIpc) is 2.41.